The molecule has 0 spiro atoms. The number of unbranched alkanes of at least 4 members (excludes halogenated alkanes) is 7. The molecular weight excluding hydrogens is 344 g/mol. The van der Waals surface area contributed by atoms with Gasteiger partial charge in [-0.15, -0.1) is 0 Å². The molecule has 0 atom stereocenters. The Labute approximate surface area is 175 Å². The largest absolute Gasteiger partial charge is 0.466 e. The summed E-state index contributed by atoms with van der Waals surface area (Å²) in [5.74, 6) is 0.767. The minimum atomic E-state index is -0.00923. The molecule has 0 aliphatic heterocycles. The smallest absolute Gasteiger partial charge is 0.305 e. The normalized spacial score (nSPS) is 12.1. The van der Waals surface area contributed by atoms with Crippen molar-refractivity contribution in [2.45, 2.75) is 111 Å². The van der Waals surface area contributed by atoms with Crippen molar-refractivity contribution in [3.8, 4) is 0 Å². The zero-order valence-corrected chi connectivity index (χ0v) is 19.0. The molecule has 28 heavy (non-hydrogen) atoms. The van der Waals surface area contributed by atoms with Gasteiger partial charge in [0.25, 0.3) is 0 Å². The molecule has 0 heterocycles. The van der Waals surface area contributed by atoms with E-state index >= 15 is 0 Å². The molecule has 0 rings (SSSR count). The summed E-state index contributed by atoms with van der Waals surface area (Å²) in [7, 11) is 0. The Bertz CT molecular complexity index is 418. The lowest BCUT2D eigenvalue weighted by molar-refractivity contribution is -0.143. The zero-order chi connectivity index (χ0) is 20.7. The molecule has 2 nitrogen and oxygen atoms in total. The molecule has 0 aliphatic carbocycles. The Morgan fingerprint density at radius 3 is 2.07 bits per heavy atom. The van der Waals surface area contributed by atoms with E-state index in [0.29, 0.717) is 13.0 Å². The van der Waals surface area contributed by atoms with Gasteiger partial charge in [0.05, 0.1) is 6.61 Å². The van der Waals surface area contributed by atoms with Crippen molar-refractivity contribution >= 4 is 5.97 Å². The Morgan fingerprint density at radius 1 is 0.750 bits per heavy atom. The molecule has 0 bridgehead atoms. The summed E-state index contributed by atoms with van der Waals surface area (Å²) < 4.78 is 5.31. The van der Waals surface area contributed by atoms with Crippen molar-refractivity contribution in [2.75, 3.05) is 6.61 Å². The van der Waals surface area contributed by atoms with Crippen molar-refractivity contribution in [3.05, 3.63) is 36.5 Å². The number of carbonyl (C=O) groups excluding carboxylic acids is 1. The quantitative estimate of drug-likeness (QED) is 0.126. The Morgan fingerprint density at radius 2 is 1.36 bits per heavy atom. The number of allylic oxidation sites excluding steroid dienone is 6. The van der Waals surface area contributed by atoms with Gasteiger partial charge in [0.2, 0.25) is 0 Å². The van der Waals surface area contributed by atoms with Crippen molar-refractivity contribution in [2.24, 2.45) is 5.92 Å². The predicted octanol–water partition coefficient (Wildman–Crippen LogP) is 8.34. The van der Waals surface area contributed by atoms with Crippen LogP contribution in [-0.4, -0.2) is 12.6 Å². The average molecular weight is 391 g/mol. The number of hydrogen-bond donors (Lipinski definition) is 0. The van der Waals surface area contributed by atoms with Crippen LogP contribution in [0.3, 0.4) is 0 Å². The fraction of sp³-hybridized carbons (Fsp3) is 0.731. The minimum Gasteiger partial charge on any atom is -0.466 e. The molecule has 0 aromatic rings. The van der Waals surface area contributed by atoms with Crippen LogP contribution in [0.1, 0.15) is 111 Å². The highest BCUT2D eigenvalue weighted by molar-refractivity contribution is 5.69. The third kappa shape index (κ3) is 22.7. The average Bonchev–Trinajstić information content (AvgIpc) is 2.67. The maximum Gasteiger partial charge on any atom is 0.305 e. The molecule has 0 amide bonds. The summed E-state index contributed by atoms with van der Waals surface area (Å²) in [6, 6.07) is 0. The number of esters is 1. The predicted molar refractivity (Wildman–Crippen MR) is 124 cm³/mol. The van der Waals surface area contributed by atoms with Crippen LogP contribution in [0.15, 0.2) is 36.5 Å². The van der Waals surface area contributed by atoms with Crippen LogP contribution in [0.5, 0.6) is 0 Å². The SMILES string of the molecule is CCC=CCC=CCC=CCCCCCCCC(=O)OCCCCCC(C)C. The van der Waals surface area contributed by atoms with E-state index in [0.717, 1.165) is 44.4 Å². The second-order valence-corrected chi connectivity index (χ2v) is 8.06. The lowest BCUT2D eigenvalue weighted by atomic mass is 10.1. The topological polar surface area (TPSA) is 26.3 Å². The van der Waals surface area contributed by atoms with Crippen LogP contribution >= 0.6 is 0 Å². The summed E-state index contributed by atoms with van der Waals surface area (Å²) in [5, 5.41) is 0. The highest BCUT2D eigenvalue weighted by Crippen LogP contribution is 2.10. The lowest BCUT2D eigenvalue weighted by Gasteiger charge is -2.06. The van der Waals surface area contributed by atoms with Crippen LogP contribution < -0.4 is 0 Å². The van der Waals surface area contributed by atoms with Gasteiger partial charge in [-0.25, -0.2) is 0 Å². The van der Waals surface area contributed by atoms with Gasteiger partial charge in [-0.1, -0.05) is 95.8 Å². The van der Waals surface area contributed by atoms with Crippen LogP contribution in [0.2, 0.25) is 0 Å². The van der Waals surface area contributed by atoms with E-state index in [1.165, 1.54) is 44.9 Å². The first-order chi connectivity index (χ1) is 13.7. The van der Waals surface area contributed by atoms with Crippen molar-refractivity contribution in [3.63, 3.8) is 0 Å². The van der Waals surface area contributed by atoms with Crippen LogP contribution in [0.25, 0.3) is 0 Å². The van der Waals surface area contributed by atoms with Crippen molar-refractivity contribution in [1.82, 2.24) is 0 Å². The summed E-state index contributed by atoms with van der Waals surface area (Å²) in [5.41, 5.74) is 0. The van der Waals surface area contributed by atoms with E-state index in [-0.39, 0.29) is 5.97 Å². The molecule has 162 valence electrons. The monoisotopic (exact) mass is 390 g/mol. The minimum absolute atomic E-state index is 0.00923. The molecule has 0 radical (unpaired) electrons. The molecule has 2 heteroatoms. The van der Waals surface area contributed by atoms with Gasteiger partial charge in [-0.3, -0.25) is 4.79 Å². The second-order valence-electron chi connectivity index (χ2n) is 8.06. The van der Waals surface area contributed by atoms with Crippen LogP contribution in [-0.2, 0) is 9.53 Å². The highest BCUT2D eigenvalue weighted by Gasteiger charge is 2.02. The number of carbonyl (C=O) groups is 1. The molecule has 0 aliphatic rings. The Balaban J connectivity index is 3.30. The third-order valence-electron chi connectivity index (χ3n) is 4.72. The molecule has 0 aromatic heterocycles. The molecule has 0 unspecified atom stereocenters. The zero-order valence-electron chi connectivity index (χ0n) is 19.0. The van der Waals surface area contributed by atoms with Gasteiger partial charge < -0.3 is 4.74 Å². The van der Waals surface area contributed by atoms with Gasteiger partial charge in [-0.05, 0) is 50.9 Å². The van der Waals surface area contributed by atoms with Gasteiger partial charge in [0, 0.05) is 6.42 Å². The molecular formula is C26H46O2. The first kappa shape index (κ1) is 26.7. The van der Waals surface area contributed by atoms with E-state index in [2.05, 4.69) is 57.2 Å². The first-order valence-electron chi connectivity index (χ1n) is 11.8. The molecule has 0 N–H and O–H groups in total. The fourth-order valence-electron chi connectivity index (χ4n) is 2.98. The molecule has 0 saturated carbocycles. The van der Waals surface area contributed by atoms with Crippen molar-refractivity contribution in [1.29, 1.82) is 0 Å². The van der Waals surface area contributed by atoms with Gasteiger partial charge in [-0.2, -0.15) is 0 Å². The van der Waals surface area contributed by atoms with E-state index in [4.69, 9.17) is 4.74 Å². The van der Waals surface area contributed by atoms with Crippen molar-refractivity contribution < 1.29 is 9.53 Å². The van der Waals surface area contributed by atoms with Gasteiger partial charge >= 0.3 is 5.97 Å². The standard InChI is InChI=1S/C26H46O2/c1-4-5-6-7-8-9-10-11-12-13-14-15-16-17-20-23-26(27)28-24-21-18-19-22-25(2)3/h5-6,8-9,11-12,25H,4,7,10,13-24H2,1-3H3. The molecule has 0 fully saturated rings. The first-order valence-corrected chi connectivity index (χ1v) is 11.8. The molecule has 0 aromatic carbocycles. The number of hydrogen-bond acceptors (Lipinski definition) is 2. The summed E-state index contributed by atoms with van der Waals surface area (Å²) in [6.45, 7) is 7.27. The molecule has 0 saturated heterocycles. The van der Waals surface area contributed by atoms with E-state index in [9.17, 15) is 4.79 Å². The second kappa shape index (κ2) is 22.0. The lowest BCUT2D eigenvalue weighted by Crippen LogP contribution is -2.05. The van der Waals surface area contributed by atoms with E-state index in [1.54, 1.807) is 0 Å². The van der Waals surface area contributed by atoms with Crippen LogP contribution in [0.4, 0.5) is 0 Å². The Kier molecular flexibility index (Phi) is 21.0. The van der Waals surface area contributed by atoms with Gasteiger partial charge in [0.15, 0.2) is 0 Å². The number of ether oxygens (including phenoxy) is 1. The van der Waals surface area contributed by atoms with E-state index in [1.807, 2.05) is 0 Å². The Hall–Kier alpha value is -1.31. The number of rotatable bonds is 19. The summed E-state index contributed by atoms with van der Waals surface area (Å²) in [4.78, 5) is 11.7. The summed E-state index contributed by atoms with van der Waals surface area (Å²) in [6.07, 6.45) is 29.0. The third-order valence-corrected chi connectivity index (χ3v) is 4.72. The maximum atomic E-state index is 11.7. The van der Waals surface area contributed by atoms with Gasteiger partial charge in [0.1, 0.15) is 0 Å². The highest BCUT2D eigenvalue weighted by atomic mass is 16.5. The fourth-order valence-corrected chi connectivity index (χ4v) is 2.98. The van der Waals surface area contributed by atoms with E-state index < -0.39 is 0 Å². The summed E-state index contributed by atoms with van der Waals surface area (Å²) >= 11 is 0. The van der Waals surface area contributed by atoms with Crippen LogP contribution in [0, 0.1) is 5.92 Å². The maximum absolute atomic E-state index is 11.7.